The zero-order valence-corrected chi connectivity index (χ0v) is 13.4. The maximum Gasteiger partial charge on any atom is 0.257 e. The van der Waals surface area contributed by atoms with Gasteiger partial charge in [-0.25, -0.2) is 4.98 Å². The predicted octanol–water partition coefficient (Wildman–Crippen LogP) is 3.87. The fourth-order valence-corrected chi connectivity index (χ4v) is 3.41. The van der Waals surface area contributed by atoms with Crippen LogP contribution in [0.2, 0.25) is 5.02 Å². The topological polar surface area (TPSA) is 51.2 Å². The lowest BCUT2D eigenvalue weighted by Crippen LogP contribution is -2.16. The monoisotopic (exact) mass is 334 g/mol. The Morgan fingerprint density at radius 3 is 2.95 bits per heavy atom. The lowest BCUT2D eigenvalue weighted by Gasteiger charge is -2.11. The molecule has 22 heavy (non-hydrogen) atoms. The van der Waals surface area contributed by atoms with Crippen LogP contribution in [-0.4, -0.2) is 28.5 Å². The van der Waals surface area contributed by atoms with Crippen LogP contribution < -0.4 is 10.1 Å². The number of thioether (sulfide) groups is 1. The van der Waals surface area contributed by atoms with Crippen molar-refractivity contribution in [1.29, 1.82) is 0 Å². The van der Waals surface area contributed by atoms with E-state index in [0.717, 1.165) is 17.9 Å². The molecule has 6 heteroatoms. The van der Waals surface area contributed by atoms with E-state index in [4.69, 9.17) is 16.3 Å². The number of hydrogen-bond acceptors (Lipinski definition) is 4. The highest BCUT2D eigenvalue weighted by molar-refractivity contribution is 7.99. The minimum atomic E-state index is -0.224. The molecule has 0 saturated carbocycles. The van der Waals surface area contributed by atoms with Gasteiger partial charge in [0.15, 0.2) is 0 Å². The van der Waals surface area contributed by atoms with E-state index in [1.54, 1.807) is 36.4 Å². The van der Waals surface area contributed by atoms with Crippen LogP contribution in [0.25, 0.3) is 0 Å². The number of rotatable bonds is 4. The average Bonchev–Trinajstić information content (AvgIpc) is 3.01. The second-order valence-electron chi connectivity index (χ2n) is 4.95. The number of carbonyl (C=O) groups is 1. The number of anilines is 1. The molecule has 0 aliphatic carbocycles. The third-order valence-electron chi connectivity index (χ3n) is 3.26. The summed E-state index contributed by atoms with van der Waals surface area (Å²) in [6.07, 6.45) is 2.80. The number of benzene rings is 1. The molecule has 2 aromatic rings. The van der Waals surface area contributed by atoms with Crippen LogP contribution in [0, 0.1) is 0 Å². The smallest absolute Gasteiger partial charge is 0.257 e. The second-order valence-corrected chi connectivity index (χ2v) is 6.54. The summed E-state index contributed by atoms with van der Waals surface area (Å²) in [5, 5.41) is 3.36. The molecule has 1 amide bonds. The third-order valence-corrected chi connectivity index (χ3v) is 4.62. The molecule has 1 aromatic heterocycles. The van der Waals surface area contributed by atoms with Gasteiger partial charge in [0.2, 0.25) is 5.88 Å². The number of pyridine rings is 1. The van der Waals surface area contributed by atoms with E-state index in [1.807, 2.05) is 11.8 Å². The Kier molecular flexibility index (Phi) is 4.85. The molecule has 0 bridgehead atoms. The molecule has 3 rings (SSSR count). The van der Waals surface area contributed by atoms with Gasteiger partial charge in [-0.1, -0.05) is 17.7 Å². The summed E-state index contributed by atoms with van der Waals surface area (Å²) in [4.78, 5) is 16.3. The molecule has 2 heterocycles. The van der Waals surface area contributed by atoms with Crippen molar-refractivity contribution in [2.45, 2.75) is 12.5 Å². The van der Waals surface area contributed by atoms with E-state index < -0.39 is 0 Å². The summed E-state index contributed by atoms with van der Waals surface area (Å²) in [6.45, 7) is 0. The maximum absolute atomic E-state index is 12.1. The molecule has 114 valence electrons. The van der Waals surface area contributed by atoms with Gasteiger partial charge in [-0.05, 0) is 36.4 Å². The minimum absolute atomic E-state index is 0.224. The molecular weight excluding hydrogens is 320 g/mol. The van der Waals surface area contributed by atoms with E-state index in [2.05, 4.69) is 10.3 Å². The fourth-order valence-electron chi connectivity index (χ4n) is 2.13. The molecule has 4 nitrogen and oxygen atoms in total. The highest BCUT2D eigenvalue weighted by Gasteiger charge is 2.17. The van der Waals surface area contributed by atoms with Gasteiger partial charge in [-0.15, -0.1) is 0 Å². The number of nitrogens with one attached hydrogen (secondary N) is 1. The molecule has 1 aromatic carbocycles. The number of amides is 1. The van der Waals surface area contributed by atoms with Crippen molar-refractivity contribution < 1.29 is 9.53 Å². The quantitative estimate of drug-likeness (QED) is 0.922. The Morgan fingerprint density at radius 1 is 1.36 bits per heavy atom. The van der Waals surface area contributed by atoms with Crippen LogP contribution in [-0.2, 0) is 0 Å². The first kappa shape index (κ1) is 15.2. The molecule has 1 aliphatic rings. The summed E-state index contributed by atoms with van der Waals surface area (Å²) >= 11 is 7.78. The molecule has 1 atom stereocenters. The van der Waals surface area contributed by atoms with Crippen molar-refractivity contribution in [3.8, 4) is 5.88 Å². The van der Waals surface area contributed by atoms with E-state index in [-0.39, 0.29) is 12.0 Å². The molecule has 0 radical (unpaired) electrons. The number of ether oxygens (including phenoxy) is 1. The molecule has 0 spiro atoms. The van der Waals surface area contributed by atoms with Crippen molar-refractivity contribution in [2.75, 3.05) is 16.8 Å². The maximum atomic E-state index is 12.1. The van der Waals surface area contributed by atoms with Crippen LogP contribution in [0.15, 0.2) is 42.6 Å². The predicted molar refractivity (Wildman–Crippen MR) is 90.0 cm³/mol. The minimum Gasteiger partial charge on any atom is -0.473 e. The fraction of sp³-hybridized carbons (Fsp3) is 0.250. The summed E-state index contributed by atoms with van der Waals surface area (Å²) in [6, 6.07) is 10.5. The Balaban J connectivity index is 1.63. The Hall–Kier alpha value is -1.72. The molecule has 1 fully saturated rings. The zero-order valence-electron chi connectivity index (χ0n) is 11.8. The van der Waals surface area contributed by atoms with Crippen LogP contribution in [0.5, 0.6) is 5.88 Å². The summed E-state index contributed by atoms with van der Waals surface area (Å²) < 4.78 is 5.76. The molecule has 1 N–H and O–H groups in total. The van der Waals surface area contributed by atoms with Crippen LogP contribution >= 0.6 is 23.4 Å². The highest BCUT2D eigenvalue weighted by Crippen LogP contribution is 2.22. The van der Waals surface area contributed by atoms with Gasteiger partial charge in [-0.3, -0.25) is 4.79 Å². The molecule has 1 aliphatic heterocycles. The van der Waals surface area contributed by atoms with Crippen molar-refractivity contribution in [1.82, 2.24) is 4.98 Å². The Morgan fingerprint density at radius 2 is 2.27 bits per heavy atom. The van der Waals surface area contributed by atoms with Crippen LogP contribution in [0.3, 0.4) is 0 Å². The van der Waals surface area contributed by atoms with E-state index in [0.29, 0.717) is 22.2 Å². The number of halogens is 1. The highest BCUT2D eigenvalue weighted by atomic mass is 35.5. The standard InChI is InChI=1S/C16H15ClN2O2S/c17-12-2-1-3-13(8-12)19-16(20)11-4-5-15(18-9-11)21-14-6-7-22-10-14/h1-5,8-9,14H,6-7,10H2,(H,19,20). The largest absolute Gasteiger partial charge is 0.473 e. The van der Waals surface area contributed by atoms with Crippen molar-refractivity contribution in [3.05, 3.63) is 53.2 Å². The summed E-state index contributed by atoms with van der Waals surface area (Å²) in [5.41, 5.74) is 1.13. The second kappa shape index (κ2) is 7.03. The normalized spacial score (nSPS) is 17.2. The SMILES string of the molecule is O=C(Nc1cccc(Cl)c1)c1ccc(OC2CCSC2)nc1. The molecule has 1 saturated heterocycles. The first-order valence-electron chi connectivity index (χ1n) is 6.98. The Labute approximate surface area is 138 Å². The van der Waals surface area contributed by atoms with Gasteiger partial charge in [0.1, 0.15) is 6.10 Å². The van der Waals surface area contributed by atoms with Gasteiger partial charge in [-0.2, -0.15) is 11.8 Å². The van der Waals surface area contributed by atoms with Crippen molar-refractivity contribution >= 4 is 35.0 Å². The van der Waals surface area contributed by atoms with Gasteiger partial charge in [0.05, 0.1) is 5.56 Å². The Bertz CT molecular complexity index is 657. The summed E-state index contributed by atoms with van der Waals surface area (Å²) in [7, 11) is 0. The lowest BCUT2D eigenvalue weighted by molar-refractivity contribution is 0.102. The van der Waals surface area contributed by atoms with E-state index in [1.165, 1.54) is 6.20 Å². The van der Waals surface area contributed by atoms with Crippen LogP contribution in [0.1, 0.15) is 16.8 Å². The number of aromatic nitrogens is 1. The third kappa shape index (κ3) is 3.93. The van der Waals surface area contributed by atoms with Crippen LogP contribution in [0.4, 0.5) is 5.69 Å². The average molecular weight is 335 g/mol. The number of nitrogens with zero attached hydrogens (tertiary/aromatic N) is 1. The molecular formula is C16H15ClN2O2S. The first-order chi connectivity index (χ1) is 10.7. The molecule has 1 unspecified atom stereocenters. The number of carbonyl (C=O) groups excluding carboxylic acids is 1. The first-order valence-corrected chi connectivity index (χ1v) is 8.51. The summed E-state index contributed by atoms with van der Waals surface area (Å²) in [5.74, 6) is 2.47. The van der Waals surface area contributed by atoms with Gasteiger partial charge >= 0.3 is 0 Å². The number of hydrogen-bond donors (Lipinski definition) is 1. The van der Waals surface area contributed by atoms with Gasteiger partial charge in [0, 0.05) is 28.7 Å². The lowest BCUT2D eigenvalue weighted by atomic mass is 10.2. The van der Waals surface area contributed by atoms with E-state index in [9.17, 15) is 4.79 Å². The van der Waals surface area contributed by atoms with Crippen molar-refractivity contribution in [3.63, 3.8) is 0 Å². The van der Waals surface area contributed by atoms with E-state index >= 15 is 0 Å². The van der Waals surface area contributed by atoms with Crippen molar-refractivity contribution in [2.24, 2.45) is 0 Å². The van der Waals surface area contributed by atoms with Gasteiger partial charge in [0.25, 0.3) is 5.91 Å². The van der Waals surface area contributed by atoms with Gasteiger partial charge < -0.3 is 10.1 Å². The zero-order chi connectivity index (χ0) is 15.4.